The lowest BCUT2D eigenvalue weighted by Crippen LogP contribution is -2.33. The van der Waals surface area contributed by atoms with E-state index in [0.29, 0.717) is 22.3 Å². The molecule has 0 atom stereocenters. The highest BCUT2D eigenvalue weighted by Crippen LogP contribution is 2.32. The molecule has 0 saturated carbocycles. The average Bonchev–Trinajstić information content (AvgIpc) is 3.29. The zero-order chi connectivity index (χ0) is 23.0. The molecular weight excluding hydrogens is 457 g/mol. The van der Waals surface area contributed by atoms with Crippen LogP contribution in [0.4, 0.5) is 19.0 Å². The summed E-state index contributed by atoms with van der Waals surface area (Å²) in [5.74, 6) is 1.58. The Morgan fingerprint density at radius 3 is 2.45 bits per heavy atom. The van der Waals surface area contributed by atoms with Crippen LogP contribution in [-0.2, 0) is 0 Å². The minimum absolute atomic E-state index is 0.106. The highest BCUT2D eigenvalue weighted by molar-refractivity contribution is 6.31. The Balaban J connectivity index is 1.23. The van der Waals surface area contributed by atoms with E-state index in [1.54, 1.807) is 0 Å². The fourth-order valence-electron chi connectivity index (χ4n) is 3.94. The van der Waals surface area contributed by atoms with Gasteiger partial charge < -0.3 is 14.2 Å². The Morgan fingerprint density at radius 2 is 1.73 bits per heavy atom. The van der Waals surface area contributed by atoms with Gasteiger partial charge in [-0.05, 0) is 67.4 Å². The van der Waals surface area contributed by atoms with Gasteiger partial charge in [0.2, 0.25) is 11.7 Å². The third-order valence-electron chi connectivity index (χ3n) is 5.59. The molecule has 6 nitrogen and oxygen atoms in total. The molecule has 1 aliphatic heterocycles. The summed E-state index contributed by atoms with van der Waals surface area (Å²) in [7, 11) is 0. The van der Waals surface area contributed by atoms with Crippen molar-refractivity contribution in [3.8, 4) is 17.1 Å². The molecule has 5 rings (SSSR count). The fraction of sp³-hybridized carbons (Fsp3) is 0.261. The van der Waals surface area contributed by atoms with Crippen molar-refractivity contribution in [2.75, 3.05) is 18.0 Å². The van der Waals surface area contributed by atoms with Gasteiger partial charge in [0.05, 0.1) is 5.52 Å². The maximum Gasteiger partial charge on any atom is 0.573 e. The van der Waals surface area contributed by atoms with E-state index in [0.717, 1.165) is 42.7 Å². The van der Waals surface area contributed by atoms with E-state index >= 15 is 0 Å². The van der Waals surface area contributed by atoms with Crippen molar-refractivity contribution in [1.29, 1.82) is 0 Å². The molecule has 10 heteroatoms. The van der Waals surface area contributed by atoms with Crippen LogP contribution in [0.3, 0.4) is 0 Å². The molecule has 0 unspecified atom stereocenters. The number of rotatable bonds is 4. The number of piperidine rings is 1. The number of pyridine rings is 1. The van der Waals surface area contributed by atoms with Crippen LogP contribution < -0.4 is 9.64 Å². The lowest BCUT2D eigenvalue weighted by molar-refractivity contribution is -0.274. The Bertz CT molecular complexity index is 1270. The molecule has 0 bridgehead atoms. The summed E-state index contributed by atoms with van der Waals surface area (Å²) < 4.78 is 46.3. The molecule has 170 valence electrons. The number of fused-ring (bicyclic) bond motifs is 1. The van der Waals surface area contributed by atoms with Gasteiger partial charge in [-0.15, -0.1) is 13.2 Å². The Kier molecular flexibility index (Phi) is 5.57. The van der Waals surface area contributed by atoms with Gasteiger partial charge in [-0.25, -0.2) is 4.98 Å². The van der Waals surface area contributed by atoms with Crippen molar-refractivity contribution >= 4 is 28.3 Å². The third kappa shape index (κ3) is 4.88. The van der Waals surface area contributed by atoms with Gasteiger partial charge in [-0.3, -0.25) is 0 Å². The molecule has 0 N–H and O–H groups in total. The number of aromatic nitrogens is 3. The smallest absolute Gasteiger partial charge is 0.406 e. The second-order valence-electron chi connectivity index (χ2n) is 7.80. The Morgan fingerprint density at radius 1 is 0.970 bits per heavy atom. The molecule has 2 aromatic carbocycles. The van der Waals surface area contributed by atoms with Crippen molar-refractivity contribution < 1.29 is 22.4 Å². The molecule has 0 spiro atoms. The lowest BCUT2D eigenvalue weighted by atomic mass is 9.96. The number of halogens is 4. The number of anilines is 1. The largest absolute Gasteiger partial charge is 0.573 e. The van der Waals surface area contributed by atoms with Crippen molar-refractivity contribution in [3.63, 3.8) is 0 Å². The highest BCUT2D eigenvalue weighted by atomic mass is 35.5. The molecule has 2 aromatic heterocycles. The van der Waals surface area contributed by atoms with E-state index in [1.165, 1.54) is 24.3 Å². The normalized spacial score (nSPS) is 15.2. The first kappa shape index (κ1) is 21.5. The SMILES string of the molecule is FC(F)(F)Oc1ccc(-c2noc(C3CCN(c4ccc5cc(Cl)ccc5n4)CC3)n2)cc1. The quantitative estimate of drug-likeness (QED) is 0.350. The zero-order valence-electron chi connectivity index (χ0n) is 17.2. The number of benzene rings is 2. The monoisotopic (exact) mass is 474 g/mol. The second kappa shape index (κ2) is 8.55. The molecule has 3 heterocycles. The minimum atomic E-state index is -4.73. The first-order chi connectivity index (χ1) is 15.8. The van der Waals surface area contributed by atoms with Crippen LogP contribution in [0.5, 0.6) is 5.75 Å². The predicted molar refractivity (Wildman–Crippen MR) is 117 cm³/mol. The number of alkyl halides is 3. The molecule has 1 fully saturated rings. The summed E-state index contributed by atoms with van der Waals surface area (Å²) in [4.78, 5) is 11.4. The van der Waals surface area contributed by atoms with Crippen LogP contribution >= 0.6 is 11.6 Å². The zero-order valence-corrected chi connectivity index (χ0v) is 18.0. The summed E-state index contributed by atoms with van der Waals surface area (Å²) in [5, 5.41) is 5.68. The minimum Gasteiger partial charge on any atom is -0.406 e. The lowest BCUT2D eigenvalue weighted by Gasteiger charge is -2.31. The number of hydrogen-bond acceptors (Lipinski definition) is 6. The van der Waals surface area contributed by atoms with Crippen molar-refractivity contribution in [1.82, 2.24) is 15.1 Å². The Labute approximate surface area is 191 Å². The van der Waals surface area contributed by atoms with E-state index in [9.17, 15) is 13.2 Å². The van der Waals surface area contributed by atoms with E-state index in [4.69, 9.17) is 21.1 Å². The second-order valence-corrected chi connectivity index (χ2v) is 8.23. The van der Waals surface area contributed by atoms with E-state index in [-0.39, 0.29) is 11.7 Å². The van der Waals surface area contributed by atoms with Crippen LogP contribution in [0.1, 0.15) is 24.7 Å². The van der Waals surface area contributed by atoms with Gasteiger partial charge in [0.25, 0.3) is 0 Å². The molecule has 0 amide bonds. The van der Waals surface area contributed by atoms with Crippen molar-refractivity contribution in [2.45, 2.75) is 25.1 Å². The molecule has 4 aromatic rings. The maximum absolute atomic E-state index is 12.3. The van der Waals surface area contributed by atoms with Gasteiger partial charge in [-0.2, -0.15) is 4.98 Å². The third-order valence-corrected chi connectivity index (χ3v) is 5.83. The molecule has 0 radical (unpaired) electrons. The molecule has 1 aliphatic rings. The maximum atomic E-state index is 12.3. The predicted octanol–water partition coefficient (Wildman–Crippen LogP) is 6.22. The average molecular weight is 475 g/mol. The van der Waals surface area contributed by atoms with Crippen molar-refractivity contribution in [3.05, 3.63) is 65.5 Å². The molecule has 0 aliphatic carbocycles. The van der Waals surface area contributed by atoms with Gasteiger partial charge in [0.1, 0.15) is 11.6 Å². The first-order valence-corrected chi connectivity index (χ1v) is 10.7. The Hall–Kier alpha value is -3.33. The molecule has 1 saturated heterocycles. The molecular formula is C23H18ClF3N4O2. The first-order valence-electron chi connectivity index (χ1n) is 10.4. The van der Waals surface area contributed by atoms with Crippen LogP contribution in [0.2, 0.25) is 5.02 Å². The van der Waals surface area contributed by atoms with Gasteiger partial charge in [0, 0.05) is 35.0 Å². The van der Waals surface area contributed by atoms with E-state index < -0.39 is 6.36 Å². The number of ether oxygens (including phenoxy) is 1. The molecule has 33 heavy (non-hydrogen) atoms. The fourth-order valence-corrected chi connectivity index (χ4v) is 4.12. The summed E-state index contributed by atoms with van der Waals surface area (Å²) in [5.41, 5.74) is 1.45. The summed E-state index contributed by atoms with van der Waals surface area (Å²) in [6, 6.07) is 15.0. The van der Waals surface area contributed by atoms with Crippen LogP contribution in [0.15, 0.2) is 59.1 Å². The highest BCUT2D eigenvalue weighted by Gasteiger charge is 2.31. The van der Waals surface area contributed by atoms with Gasteiger partial charge in [-0.1, -0.05) is 16.8 Å². The van der Waals surface area contributed by atoms with Gasteiger partial charge >= 0.3 is 6.36 Å². The van der Waals surface area contributed by atoms with Gasteiger partial charge in [0.15, 0.2) is 0 Å². The summed E-state index contributed by atoms with van der Waals surface area (Å²) >= 11 is 6.05. The van der Waals surface area contributed by atoms with E-state index in [1.807, 2.05) is 30.3 Å². The van der Waals surface area contributed by atoms with Crippen LogP contribution in [-0.4, -0.2) is 34.6 Å². The summed E-state index contributed by atoms with van der Waals surface area (Å²) in [6.07, 6.45) is -3.09. The van der Waals surface area contributed by atoms with Crippen LogP contribution in [0, 0.1) is 0 Å². The topological polar surface area (TPSA) is 64.3 Å². The van der Waals surface area contributed by atoms with E-state index in [2.05, 4.69) is 19.8 Å². The van der Waals surface area contributed by atoms with Crippen LogP contribution in [0.25, 0.3) is 22.3 Å². The number of hydrogen-bond donors (Lipinski definition) is 0. The number of nitrogens with zero attached hydrogens (tertiary/aromatic N) is 4. The summed E-state index contributed by atoms with van der Waals surface area (Å²) in [6.45, 7) is 1.58. The standard InChI is InChI=1S/C23H18ClF3N4O2/c24-17-4-7-19-16(13-17)3-8-20(28-19)31-11-9-15(10-12-31)22-29-21(30-33-22)14-1-5-18(6-2-14)32-23(25,26)27/h1-8,13,15H,9-12H2. The van der Waals surface area contributed by atoms with Crippen molar-refractivity contribution in [2.24, 2.45) is 0 Å².